The number of nitrogens with zero attached hydrogens (tertiary/aromatic N) is 2. The normalized spacial score (nSPS) is 20.8. The molecule has 4 rings (SSSR count). The van der Waals surface area contributed by atoms with Crippen molar-refractivity contribution in [3.63, 3.8) is 0 Å². The zero-order valence-corrected chi connectivity index (χ0v) is 18.7. The van der Waals surface area contributed by atoms with Crippen LogP contribution in [0, 0.1) is 6.92 Å². The molecule has 4 nitrogen and oxygen atoms in total. The number of aromatic hydroxyl groups is 1. The van der Waals surface area contributed by atoms with Crippen LogP contribution in [0.2, 0.25) is 0 Å². The van der Waals surface area contributed by atoms with Gasteiger partial charge in [0.15, 0.2) is 5.17 Å². The number of benzene rings is 2. The molecule has 2 fully saturated rings. The number of amides is 1. The molecule has 2 aromatic carbocycles. The van der Waals surface area contributed by atoms with E-state index in [0.29, 0.717) is 10.5 Å². The number of phenols is 1. The second-order valence-electron chi connectivity index (χ2n) is 7.51. The molecule has 1 N–H and O–H groups in total. The molecule has 0 unspecified atom stereocenters. The van der Waals surface area contributed by atoms with Gasteiger partial charge in [-0.15, -0.1) is 0 Å². The molecule has 150 valence electrons. The number of aryl methyl sites for hydroxylation is 1. The summed E-state index contributed by atoms with van der Waals surface area (Å²) < 4.78 is 0.857. The molecule has 1 aliphatic heterocycles. The number of aliphatic imine (C=N–C) groups is 1. The Morgan fingerprint density at radius 3 is 2.59 bits per heavy atom. The third-order valence-corrected chi connectivity index (χ3v) is 6.79. The molecule has 2 aromatic rings. The van der Waals surface area contributed by atoms with Crippen molar-refractivity contribution >= 4 is 50.5 Å². The van der Waals surface area contributed by atoms with E-state index in [1.807, 2.05) is 42.2 Å². The summed E-state index contributed by atoms with van der Waals surface area (Å²) in [4.78, 5) is 20.6. The van der Waals surface area contributed by atoms with Crippen LogP contribution in [0.5, 0.6) is 5.75 Å². The zero-order valence-electron chi connectivity index (χ0n) is 16.3. The second-order valence-corrected chi connectivity index (χ2v) is 9.44. The van der Waals surface area contributed by atoms with Gasteiger partial charge in [0.05, 0.1) is 10.6 Å². The van der Waals surface area contributed by atoms with E-state index in [2.05, 4.69) is 15.9 Å². The highest BCUT2D eigenvalue weighted by atomic mass is 79.9. The first-order valence-corrected chi connectivity index (χ1v) is 11.5. The summed E-state index contributed by atoms with van der Waals surface area (Å²) in [6.45, 7) is 2.05. The number of thioether (sulfide) groups is 1. The number of halogens is 1. The molecule has 0 spiro atoms. The van der Waals surface area contributed by atoms with E-state index in [1.54, 1.807) is 18.2 Å². The number of phenolic OH excluding ortho intramolecular Hbond substituents is 1. The molecule has 1 saturated carbocycles. The summed E-state index contributed by atoms with van der Waals surface area (Å²) in [5, 5.41) is 10.9. The van der Waals surface area contributed by atoms with Gasteiger partial charge in [0.2, 0.25) is 0 Å². The van der Waals surface area contributed by atoms with Gasteiger partial charge >= 0.3 is 0 Å². The molecule has 2 aliphatic rings. The van der Waals surface area contributed by atoms with Gasteiger partial charge in [-0.3, -0.25) is 9.69 Å². The van der Waals surface area contributed by atoms with Crippen LogP contribution in [0.15, 0.2) is 56.8 Å². The summed E-state index contributed by atoms with van der Waals surface area (Å²) in [6, 6.07) is 13.4. The number of carbonyl (C=O) groups is 1. The molecule has 0 aromatic heterocycles. The molecule has 0 radical (unpaired) electrons. The van der Waals surface area contributed by atoms with Crippen molar-refractivity contribution in [3.05, 3.63) is 63.0 Å². The molecular weight excluding hydrogens is 448 g/mol. The number of carbonyl (C=O) groups excluding carboxylic acids is 1. The summed E-state index contributed by atoms with van der Waals surface area (Å²) in [5.74, 6) is 0.134. The van der Waals surface area contributed by atoms with Crippen molar-refractivity contribution in [1.82, 2.24) is 4.90 Å². The van der Waals surface area contributed by atoms with Crippen molar-refractivity contribution in [3.8, 4) is 5.75 Å². The van der Waals surface area contributed by atoms with Gasteiger partial charge in [-0.2, -0.15) is 0 Å². The Balaban J connectivity index is 1.72. The molecule has 0 atom stereocenters. The Morgan fingerprint density at radius 2 is 1.86 bits per heavy atom. The van der Waals surface area contributed by atoms with Crippen molar-refractivity contribution in [2.75, 3.05) is 0 Å². The highest BCUT2D eigenvalue weighted by Gasteiger charge is 2.38. The maximum atomic E-state index is 13.3. The van der Waals surface area contributed by atoms with E-state index < -0.39 is 0 Å². The minimum atomic E-state index is -0.0212. The predicted molar refractivity (Wildman–Crippen MR) is 123 cm³/mol. The van der Waals surface area contributed by atoms with Crippen LogP contribution in [0.3, 0.4) is 0 Å². The van der Waals surface area contributed by atoms with Crippen LogP contribution in [-0.2, 0) is 4.79 Å². The van der Waals surface area contributed by atoms with Crippen LogP contribution < -0.4 is 0 Å². The van der Waals surface area contributed by atoms with Crippen LogP contribution in [0.25, 0.3) is 6.08 Å². The third kappa shape index (κ3) is 4.59. The first-order chi connectivity index (χ1) is 14.0. The minimum absolute atomic E-state index is 0.0212. The second kappa shape index (κ2) is 8.76. The molecule has 6 heteroatoms. The van der Waals surface area contributed by atoms with E-state index in [0.717, 1.165) is 41.0 Å². The summed E-state index contributed by atoms with van der Waals surface area (Å²) in [7, 11) is 0. The quantitative estimate of drug-likeness (QED) is 0.527. The summed E-state index contributed by atoms with van der Waals surface area (Å²) >= 11 is 4.82. The van der Waals surface area contributed by atoms with E-state index in [1.165, 1.54) is 23.7 Å². The van der Waals surface area contributed by atoms with E-state index in [9.17, 15) is 9.90 Å². The number of hydrogen-bond donors (Lipinski definition) is 1. The number of rotatable bonds is 3. The van der Waals surface area contributed by atoms with Crippen molar-refractivity contribution < 1.29 is 9.90 Å². The molecule has 29 heavy (non-hydrogen) atoms. The largest absolute Gasteiger partial charge is 0.507 e. The van der Waals surface area contributed by atoms with Crippen molar-refractivity contribution in [1.29, 1.82) is 0 Å². The Bertz CT molecular complexity index is 979. The van der Waals surface area contributed by atoms with E-state index >= 15 is 0 Å². The Labute approximate surface area is 183 Å². The summed E-state index contributed by atoms with van der Waals surface area (Å²) in [6.07, 6.45) is 7.29. The fourth-order valence-corrected chi connectivity index (χ4v) is 5.17. The van der Waals surface area contributed by atoms with E-state index in [4.69, 9.17) is 4.99 Å². The highest BCUT2D eigenvalue weighted by Crippen LogP contribution is 2.39. The fourth-order valence-electron chi connectivity index (χ4n) is 3.74. The van der Waals surface area contributed by atoms with Crippen LogP contribution in [0.4, 0.5) is 5.69 Å². The fraction of sp³-hybridized carbons (Fsp3) is 0.304. The standard InChI is InChI=1S/C23H23BrN2O2S/c1-15-7-10-18(11-8-15)25-23-26(19-5-3-2-4-6-19)22(28)21(29-23)14-16-13-17(24)9-12-20(16)27/h7-14,19,27H,2-6H2,1H3/b21-14+,25-23?. The SMILES string of the molecule is Cc1ccc(N=C2S/C(=C/c3cc(Br)ccc3O)C(=O)N2C2CCCCC2)cc1. The van der Waals surface area contributed by atoms with Gasteiger partial charge in [-0.1, -0.05) is 52.9 Å². The molecule has 1 aliphatic carbocycles. The minimum Gasteiger partial charge on any atom is -0.507 e. The lowest BCUT2D eigenvalue weighted by atomic mass is 9.94. The molecule has 1 heterocycles. The Kier molecular flexibility index (Phi) is 6.11. The van der Waals surface area contributed by atoms with Gasteiger partial charge < -0.3 is 5.11 Å². The van der Waals surface area contributed by atoms with Gasteiger partial charge in [-0.25, -0.2) is 4.99 Å². The third-order valence-electron chi connectivity index (χ3n) is 5.31. The molecule has 1 saturated heterocycles. The average Bonchev–Trinajstić information content (AvgIpc) is 3.02. The van der Waals surface area contributed by atoms with Crippen LogP contribution in [0.1, 0.15) is 43.2 Å². The summed E-state index contributed by atoms with van der Waals surface area (Å²) in [5.41, 5.74) is 2.65. The van der Waals surface area contributed by atoms with Crippen LogP contribution in [-0.4, -0.2) is 27.1 Å². The Hall–Kier alpha value is -2.05. The monoisotopic (exact) mass is 470 g/mol. The van der Waals surface area contributed by atoms with Gasteiger partial charge in [-0.05, 0) is 67.9 Å². The van der Waals surface area contributed by atoms with Gasteiger partial charge in [0, 0.05) is 16.1 Å². The Morgan fingerprint density at radius 1 is 1.14 bits per heavy atom. The number of amidine groups is 1. The highest BCUT2D eigenvalue weighted by molar-refractivity contribution is 9.10. The molecular formula is C23H23BrN2O2S. The first-order valence-electron chi connectivity index (χ1n) is 9.88. The number of hydrogen-bond acceptors (Lipinski definition) is 4. The van der Waals surface area contributed by atoms with Gasteiger partial charge in [0.1, 0.15) is 5.75 Å². The van der Waals surface area contributed by atoms with E-state index in [-0.39, 0.29) is 17.7 Å². The maximum absolute atomic E-state index is 13.3. The lowest BCUT2D eigenvalue weighted by molar-refractivity contribution is -0.124. The lowest BCUT2D eigenvalue weighted by Crippen LogP contribution is -2.40. The zero-order chi connectivity index (χ0) is 20.4. The molecule has 0 bridgehead atoms. The predicted octanol–water partition coefficient (Wildman–Crippen LogP) is 6.40. The molecule has 1 amide bonds. The van der Waals surface area contributed by atoms with Crippen molar-refractivity contribution in [2.24, 2.45) is 4.99 Å². The topological polar surface area (TPSA) is 52.9 Å². The average molecular weight is 471 g/mol. The van der Waals surface area contributed by atoms with Crippen molar-refractivity contribution in [2.45, 2.75) is 45.1 Å². The van der Waals surface area contributed by atoms with Gasteiger partial charge in [0.25, 0.3) is 5.91 Å². The smallest absolute Gasteiger partial charge is 0.267 e. The first kappa shape index (κ1) is 20.2. The maximum Gasteiger partial charge on any atom is 0.267 e. The lowest BCUT2D eigenvalue weighted by Gasteiger charge is -2.30. The van der Waals surface area contributed by atoms with Crippen LogP contribution >= 0.6 is 27.7 Å².